The van der Waals surface area contributed by atoms with Crippen LogP contribution in [0.1, 0.15) is 40.5 Å². The second kappa shape index (κ2) is 5.86. The van der Waals surface area contributed by atoms with E-state index in [4.69, 9.17) is 5.73 Å². The molecule has 0 heterocycles. The van der Waals surface area contributed by atoms with E-state index in [1.165, 1.54) is 0 Å². The van der Waals surface area contributed by atoms with E-state index in [1.54, 1.807) is 0 Å². The van der Waals surface area contributed by atoms with Gasteiger partial charge in [-0.1, -0.05) is 6.92 Å². The van der Waals surface area contributed by atoms with Crippen LogP contribution in [0.25, 0.3) is 0 Å². The van der Waals surface area contributed by atoms with Crippen molar-refractivity contribution in [2.45, 2.75) is 52.1 Å². The molecule has 0 saturated carbocycles. The summed E-state index contributed by atoms with van der Waals surface area (Å²) in [4.78, 5) is 11.4. The van der Waals surface area contributed by atoms with Gasteiger partial charge in [0.15, 0.2) is 0 Å². The van der Waals surface area contributed by atoms with Crippen molar-refractivity contribution in [3.8, 4) is 0 Å². The second-order valence-electron chi connectivity index (χ2n) is 4.21. The van der Waals surface area contributed by atoms with Gasteiger partial charge in [0.2, 0.25) is 0 Å². The molecule has 2 amide bonds. The third-order valence-electron chi connectivity index (χ3n) is 2.31. The first-order chi connectivity index (χ1) is 6.43. The Morgan fingerprint density at radius 3 is 2.43 bits per heavy atom. The molecule has 14 heavy (non-hydrogen) atoms. The van der Waals surface area contributed by atoms with Crippen LogP contribution in [0.4, 0.5) is 4.79 Å². The fourth-order valence-electron chi connectivity index (χ4n) is 1.22. The molecule has 0 radical (unpaired) electrons. The lowest BCUT2D eigenvalue weighted by atomic mass is 9.95. The molecule has 4 nitrogen and oxygen atoms in total. The summed E-state index contributed by atoms with van der Waals surface area (Å²) >= 11 is 0. The fourth-order valence-corrected chi connectivity index (χ4v) is 1.22. The number of hydrogen-bond acceptors (Lipinski definition) is 2. The highest BCUT2D eigenvalue weighted by Crippen LogP contribution is 2.12. The molecular formula is C10H23N3O. The van der Waals surface area contributed by atoms with Gasteiger partial charge in [-0.3, -0.25) is 0 Å². The van der Waals surface area contributed by atoms with Crippen LogP contribution in [0.3, 0.4) is 0 Å². The zero-order valence-electron chi connectivity index (χ0n) is 9.68. The molecule has 1 unspecified atom stereocenters. The lowest BCUT2D eigenvalue weighted by Crippen LogP contribution is -2.52. The van der Waals surface area contributed by atoms with E-state index in [9.17, 15) is 4.79 Å². The molecule has 0 aromatic carbocycles. The number of carbonyl (C=O) groups is 1. The maximum Gasteiger partial charge on any atom is 0.315 e. The van der Waals surface area contributed by atoms with E-state index in [1.807, 2.05) is 27.7 Å². The SMILES string of the molecule is CCC(C)(CCN)NC(=O)NC(C)C. The molecule has 0 bridgehead atoms. The molecule has 0 aliphatic heterocycles. The Balaban J connectivity index is 4.10. The summed E-state index contributed by atoms with van der Waals surface area (Å²) in [6.45, 7) is 8.52. The smallest absolute Gasteiger partial charge is 0.315 e. The van der Waals surface area contributed by atoms with Crippen molar-refractivity contribution in [1.82, 2.24) is 10.6 Å². The predicted octanol–water partition coefficient (Wildman–Crippen LogP) is 1.21. The Labute approximate surface area is 86.6 Å². The quantitative estimate of drug-likeness (QED) is 0.626. The van der Waals surface area contributed by atoms with Crippen LogP contribution in [0.5, 0.6) is 0 Å². The number of urea groups is 1. The van der Waals surface area contributed by atoms with Gasteiger partial charge in [0.05, 0.1) is 0 Å². The lowest BCUT2D eigenvalue weighted by Gasteiger charge is -2.29. The van der Waals surface area contributed by atoms with Crippen LogP contribution < -0.4 is 16.4 Å². The van der Waals surface area contributed by atoms with Crippen molar-refractivity contribution in [1.29, 1.82) is 0 Å². The van der Waals surface area contributed by atoms with Crippen molar-refractivity contribution < 1.29 is 4.79 Å². The van der Waals surface area contributed by atoms with Crippen LogP contribution in [-0.4, -0.2) is 24.2 Å². The van der Waals surface area contributed by atoms with Gasteiger partial charge in [-0.15, -0.1) is 0 Å². The fraction of sp³-hybridized carbons (Fsp3) is 0.900. The zero-order chi connectivity index (χ0) is 11.2. The summed E-state index contributed by atoms with van der Waals surface area (Å²) in [5, 5.41) is 5.75. The molecule has 84 valence electrons. The minimum atomic E-state index is -0.187. The minimum Gasteiger partial charge on any atom is -0.336 e. The number of carbonyl (C=O) groups excluding carboxylic acids is 1. The number of nitrogens with two attached hydrogens (primary N) is 1. The molecular weight excluding hydrogens is 178 g/mol. The first-order valence-corrected chi connectivity index (χ1v) is 5.22. The van der Waals surface area contributed by atoms with Crippen molar-refractivity contribution >= 4 is 6.03 Å². The van der Waals surface area contributed by atoms with Crippen molar-refractivity contribution in [3.05, 3.63) is 0 Å². The second-order valence-corrected chi connectivity index (χ2v) is 4.21. The Morgan fingerprint density at radius 1 is 1.50 bits per heavy atom. The monoisotopic (exact) mass is 201 g/mol. The van der Waals surface area contributed by atoms with Gasteiger partial charge in [0.25, 0.3) is 0 Å². The standard InChI is InChI=1S/C10H23N3O/c1-5-10(4,6-7-11)13-9(14)12-8(2)3/h8H,5-7,11H2,1-4H3,(H2,12,13,14). The minimum absolute atomic E-state index is 0.113. The normalized spacial score (nSPS) is 15.0. The van der Waals surface area contributed by atoms with Gasteiger partial charge in [-0.05, 0) is 40.2 Å². The van der Waals surface area contributed by atoms with Gasteiger partial charge in [-0.2, -0.15) is 0 Å². The van der Waals surface area contributed by atoms with E-state index in [2.05, 4.69) is 10.6 Å². The van der Waals surface area contributed by atoms with Crippen LogP contribution in [0.15, 0.2) is 0 Å². The van der Waals surface area contributed by atoms with Gasteiger partial charge in [0, 0.05) is 11.6 Å². The first-order valence-electron chi connectivity index (χ1n) is 5.22. The van der Waals surface area contributed by atoms with Crippen molar-refractivity contribution in [2.75, 3.05) is 6.54 Å². The largest absolute Gasteiger partial charge is 0.336 e. The van der Waals surface area contributed by atoms with Crippen LogP contribution in [0, 0.1) is 0 Å². The third-order valence-corrected chi connectivity index (χ3v) is 2.31. The van der Waals surface area contributed by atoms with Crippen LogP contribution >= 0.6 is 0 Å². The van der Waals surface area contributed by atoms with Gasteiger partial charge in [0.1, 0.15) is 0 Å². The van der Waals surface area contributed by atoms with Crippen LogP contribution in [0.2, 0.25) is 0 Å². The average Bonchev–Trinajstić information content (AvgIpc) is 2.02. The van der Waals surface area contributed by atoms with Gasteiger partial charge in [-0.25, -0.2) is 4.79 Å². The molecule has 0 aliphatic carbocycles. The molecule has 4 heteroatoms. The molecule has 0 saturated heterocycles. The summed E-state index contributed by atoms with van der Waals surface area (Å²) in [7, 11) is 0. The van der Waals surface area contributed by atoms with E-state index >= 15 is 0 Å². The molecule has 0 aromatic heterocycles. The maximum atomic E-state index is 11.4. The highest BCUT2D eigenvalue weighted by molar-refractivity contribution is 5.74. The van der Waals surface area contributed by atoms with E-state index in [0.29, 0.717) is 6.54 Å². The Hall–Kier alpha value is -0.770. The van der Waals surface area contributed by atoms with Gasteiger partial charge < -0.3 is 16.4 Å². The maximum absolute atomic E-state index is 11.4. The molecule has 0 fully saturated rings. The van der Waals surface area contributed by atoms with E-state index in [0.717, 1.165) is 12.8 Å². The number of rotatable bonds is 5. The first kappa shape index (κ1) is 13.2. The van der Waals surface area contributed by atoms with Crippen molar-refractivity contribution in [3.63, 3.8) is 0 Å². The number of amides is 2. The topological polar surface area (TPSA) is 67.1 Å². The van der Waals surface area contributed by atoms with Crippen molar-refractivity contribution in [2.24, 2.45) is 5.73 Å². The Morgan fingerprint density at radius 2 is 2.07 bits per heavy atom. The zero-order valence-corrected chi connectivity index (χ0v) is 9.68. The summed E-state index contributed by atoms with van der Waals surface area (Å²) in [5.41, 5.74) is 5.31. The highest BCUT2D eigenvalue weighted by atomic mass is 16.2. The Kier molecular flexibility index (Phi) is 5.53. The van der Waals surface area contributed by atoms with E-state index in [-0.39, 0.29) is 17.6 Å². The molecule has 1 atom stereocenters. The molecule has 0 aliphatic rings. The Bertz CT molecular complexity index is 182. The molecule has 0 spiro atoms. The molecule has 4 N–H and O–H groups in total. The third kappa shape index (κ3) is 5.07. The number of nitrogens with one attached hydrogen (secondary N) is 2. The summed E-state index contributed by atoms with van der Waals surface area (Å²) in [5.74, 6) is 0. The molecule has 0 rings (SSSR count). The average molecular weight is 201 g/mol. The molecule has 0 aromatic rings. The summed E-state index contributed by atoms with van der Waals surface area (Å²) < 4.78 is 0. The van der Waals surface area contributed by atoms with Gasteiger partial charge >= 0.3 is 6.03 Å². The highest BCUT2D eigenvalue weighted by Gasteiger charge is 2.23. The van der Waals surface area contributed by atoms with Crippen LogP contribution in [-0.2, 0) is 0 Å². The lowest BCUT2D eigenvalue weighted by molar-refractivity contribution is 0.221. The summed E-state index contributed by atoms with van der Waals surface area (Å²) in [6, 6.07) is 0.0479. The predicted molar refractivity (Wildman–Crippen MR) is 59.2 cm³/mol. The number of hydrogen-bond donors (Lipinski definition) is 3. The summed E-state index contributed by atoms with van der Waals surface area (Å²) in [6.07, 6.45) is 1.69. The van der Waals surface area contributed by atoms with E-state index < -0.39 is 0 Å².